The predicted octanol–water partition coefficient (Wildman–Crippen LogP) is 2.34. The maximum absolute atomic E-state index is 11.5. The van der Waals surface area contributed by atoms with E-state index >= 15 is 0 Å². The smallest absolute Gasteiger partial charge is 0.165 e. The average molecular weight is 176 g/mol. The van der Waals surface area contributed by atoms with Gasteiger partial charge in [-0.3, -0.25) is 9.59 Å². The first-order chi connectivity index (χ1) is 6.15. The summed E-state index contributed by atoms with van der Waals surface area (Å²) in [6.45, 7) is 3.71. The van der Waals surface area contributed by atoms with E-state index < -0.39 is 0 Å². The molecular formula is C11H12O2. The topological polar surface area (TPSA) is 34.1 Å². The molecule has 0 spiro atoms. The lowest BCUT2D eigenvalue weighted by atomic mass is 10.0. The molecule has 0 fully saturated rings. The predicted molar refractivity (Wildman–Crippen MR) is 51.0 cm³/mol. The van der Waals surface area contributed by atoms with Crippen LogP contribution < -0.4 is 0 Å². The number of rotatable bonds is 3. The van der Waals surface area contributed by atoms with Crippen LogP contribution in [0.4, 0.5) is 0 Å². The van der Waals surface area contributed by atoms with Crippen molar-refractivity contribution in [2.75, 3.05) is 0 Å². The molecule has 2 heteroatoms. The molecule has 1 aromatic rings. The van der Waals surface area contributed by atoms with Crippen molar-refractivity contribution in [3.05, 3.63) is 35.4 Å². The number of ketones is 1. The van der Waals surface area contributed by atoms with Crippen LogP contribution in [0.15, 0.2) is 24.3 Å². The van der Waals surface area contributed by atoms with Gasteiger partial charge in [-0.1, -0.05) is 38.1 Å². The fourth-order valence-corrected chi connectivity index (χ4v) is 1.06. The number of aldehydes is 1. The maximum atomic E-state index is 11.5. The summed E-state index contributed by atoms with van der Waals surface area (Å²) in [5.41, 5.74) is 1.26. The van der Waals surface area contributed by atoms with Gasteiger partial charge in [-0.05, 0) is 0 Å². The second-order valence-corrected chi connectivity index (χ2v) is 3.26. The number of benzene rings is 1. The van der Waals surface area contributed by atoms with E-state index in [4.69, 9.17) is 0 Å². The molecule has 0 aliphatic carbocycles. The van der Waals surface area contributed by atoms with Gasteiger partial charge in [0.15, 0.2) is 5.78 Å². The first-order valence-electron chi connectivity index (χ1n) is 4.24. The van der Waals surface area contributed by atoms with Crippen molar-refractivity contribution in [3.8, 4) is 0 Å². The summed E-state index contributed by atoms with van der Waals surface area (Å²) in [6, 6.07) is 6.68. The highest BCUT2D eigenvalue weighted by Crippen LogP contribution is 2.08. The normalized spacial score (nSPS) is 10.1. The van der Waals surface area contributed by atoms with Gasteiger partial charge < -0.3 is 0 Å². The molecule has 0 radical (unpaired) electrons. The van der Waals surface area contributed by atoms with Crippen LogP contribution in [0.1, 0.15) is 34.6 Å². The van der Waals surface area contributed by atoms with Crippen LogP contribution >= 0.6 is 0 Å². The quantitative estimate of drug-likeness (QED) is 0.523. The molecule has 13 heavy (non-hydrogen) atoms. The van der Waals surface area contributed by atoms with E-state index in [1.54, 1.807) is 24.3 Å². The van der Waals surface area contributed by atoms with Gasteiger partial charge in [0.05, 0.1) is 0 Å². The molecule has 0 N–H and O–H groups in total. The highest BCUT2D eigenvalue weighted by Gasteiger charge is 2.09. The highest BCUT2D eigenvalue weighted by atomic mass is 16.1. The molecule has 0 saturated heterocycles. The summed E-state index contributed by atoms with van der Waals surface area (Å²) < 4.78 is 0. The number of carbonyl (C=O) groups is 2. The van der Waals surface area contributed by atoms with Crippen molar-refractivity contribution in [1.82, 2.24) is 0 Å². The Kier molecular flexibility index (Phi) is 2.96. The fraction of sp³-hybridized carbons (Fsp3) is 0.273. The van der Waals surface area contributed by atoms with Crippen LogP contribution in [0, 0.1) is 5.92 Å². The van der Waals surface area contributed by atoms with Crippen molar-refractivity contribution >= 4 is 12.1 Å². The minimum absolute atomic E-state index is 0.00193. The van der Waals surface area contributed by atoms with Gasteiger partial charge in [0.1, 0.15) is 6.29 Å². The van der Waals surface area contributed by atoms with E-state index in [0.717, 1.165) is 6.29 Å². The Morgan fingerprint density at radius 2 is 1.77 bits per heavy atom. The Morgan fingerprint density at radius 3 is 2.15 bits per heavy atom. The molecule has 1 rings (SSSR count). The van der Waals surface area contributed by atoms with E-state index in [9.17, 15) is 9.59 Å². The summed E-state index contributed by atoms with van der Waals surface area (Å²) in [4.78, 5) is 21.8. The lowest BCUT2D eigenvalue weighted by Gasteiger charge is -2.03. The van der Waals surface area contributed by atoms with Gasteiger partial charge >= 0.3 is 0 Å². The Bertz CT molecular complexity index is 309. The van der Waals surface area contributed by atoms with Gasteiger partial charge in [-0.25, -0.2) is 0 Å². The minimum atomic E-state index is 0.00193. The van der Waals surface area contributed by atoms with Crippen molar-refractivity contribution in [2.24, 2.45) is 5.92 Å². The van der Waals surface area contributed by atoms with E-state index in [1.807, 2.05) is 13.8 Å². The van der Waals surface area contributed by atoms with Crippen LogP contribution in [0.2, 0.25) is 0 Å². The van der Waals surface area contributed by atoms with Crippen LogP contribution in [0.25, 0.3) is 0 Å². The minimum Gasteiger partial charge on any atom is -0.298 e. The molecule has 1 aromatic carbocycles. The van der Waals surface area contributed by atoms with Crippen LogP contribution in [-0.2, 0) is 0 Å². The molecule has 0 heterocycles. The third-order valence-corrected chi connectivity index (χ3v) is 1.86. The monoisotopic (exact) mass is 176 g/mol. The number of hydrogen-bond acceptors (Lipinski definition) is 2. The van der Waals surface area contributed by atoms with Gasteiger partial charge in [-0.2, -0.15) is 0 Å². The molecule has 0 aliphatic rings. The summed E-state index contributed by atoms with van der Waals surface area (Å²) in [7, 11) is 0. The first kappa shape index (κ1) is 9.65. The molecule has 68 valence electrons. The second-order valence-electron chi connectivity index (χ2n) is 3.26. The first-order valence-corrected chi connectivity index (χ1v) is 4.24. The Morgan fingerprint density at radius 1 is 1.23 bits per heavy atom. The Labute approximate surface area is 77.6 Å². The average Bonchev–Trinajstić information content (AvgIpc) is 2.17. The Balaban J connectivity index is 2.92. The van der Waals surface area contributed by atoms with E-state index in [0.29, 0.717) is 11.1 Å². The van der Waals surface area contributed by atoms with Crippen molar-refractivity contribution in [2.45, 2.75) is 13.8 Å². The maximum Gasteiger partial charge on any atom is 0.165 e. The molecule has 0 saturated carbocycles. The molecule has 0 atom stereocenters. The van der Waals surface area contributed by atoms with E-state index in [2.05, 4.69) is 0 Å². The van der Waals surface area contributed by atoms with E-state index in [-0.39, 0.29) is 11.7 Å². The standard InChI is InChI=1S/C11H12O2/c1-8(2)11(13)10-5-3-9(7-12)4-6-10/h3-8H,1-2H3. The Hall–Kier alpha value is -1.44. The van der Waals surface area contributed by atoms with Crippen LogP contribution in [0.3, 0.4) is 0 Å². The van der Waals surface area contributed by atoms with Gasteiger partial charge in [0.25, 0.3) is 0 Å². The van der Waals surface area contributed by atoms with E-state index in [1.165, 1.54) is 0 Å². The highest BCUT2D eigenvalue weighted by molar-refractivity contribution is 5.97. The van der Waals surface area contributed by atoms with Gasteiger partial charge in [-0.15, -0.1) is 0 Å². The molecule has 0 bridgehead atoms. The zero-order chi connectivity index (χ0) is 9.84. The molecule has 0 unspecified atom stereocenters. The SMILES string of the molecule is CC(C)C(=O)c1ccc(C=O)cc1. The lowest BCUT2D eigenvalue weighted by molar-refractivity contribution is 0.0939. The number of hydrogen-bond donors (Lipinski definition) is 0. The lowest BCUT2D eigenvalue weighted by Crippen LogP contribution is -2.06. The van der Waals surface area contributed by atoms with Gasteiger partial charge in [0, 0.05) is 17.0 Å². The van der Waals surface area contributed by atoms with Gasteiger partial charge in [0.2, 0.25) is 0 Å². The largest absolute Gasteiger partial charge is 0.298 e. The molecule has 0 amide bonds. The second kappa shape index (κ2) is 3.99. The number of Topliss-reactive ketones (excluding diaryl/α,β-unsaturated/α-hetero) is 1. The summed E-state index contributed by atoms with van der Waals surface area (Å²) in [6.07, 6.45) is 0.767. The molecule has 2 nitrogen and oxygen atoms in total. The van der Waals surface area contributed by atoms with Crippen LogP contribution in [0.5, 0.6) is 0 Å². The third kappa shape index (κ3) is 2.25. The molecule has 0 aromatic heterocycles. The van der Waals surface area contributed by atoms with Crippen molar-refractivity contribution < 1.29 is 9.59 Å². The number of carbonyl (C=O) groups excluding carboxylic acids is 2. The third-order valence-electron chi connectivity index (χ3n) is 1.86. The van der Waals surface area contributed by atoms with Crippen LogP contribution in [-0.4, -0.2) is 12.1 Å². The molecule has 0 aliphatic heterocycles. The fourth-order valence-electron chi connectivity index (χ4n) is 1.06. The summed E-state index contributed by atoms with van der Waals surface area (Å²) >= 11 is 0. The zero-order valence-corrected chi connectivity index (χ0v) is 7.78. The van der Waals surface area contributed by atoms with Crippen molar-refractivity contribution in [3.63, 3.8) is 0 Å². The summed E-state index contributed by atoms with van der Waals surface area (Å²) in [5.74, 6) is 0.111. The summed E-state index contributed by atoms with van der Waals surface area (Å²) in [5, 5.41) is 0. The molecular weight excluding hydrogens is 164 g/mol. The van der Waals surface area contributed by atoms with Crippen molar-refractivity contribution in [1.29, 1.82) is 0 Å². The zero-order valence-electron chi connectivity index (χ0n) is 7.78.